The molecule has 0 heterocycles. The molecular formula is C11H18O4. The number of methoxy groups -OCH3 is 1. The third kappa shape index (κ3) is 6.71. The number of rotatable bonds is 4. The van der Waals surface area contributed by atoms with Gasteiger partial charge in [0.15, 0.2) is 0 Å². The standard InChI is InChI=1S/C11H18O4/c1-11(2,3)6-5-8(7-9(12)13)10(14)15-4/h5H,6-7H2,1-4H3,(H,12,13). The van der Waals surface area contributed by atoms with Gasteiger partial charge < -0.3 is 9.84 Å². The van der Waals surface area contributed by atoms with Crippen molar-refractivity contribution in [2.75, 3.05) is 7.11 Å². The lowest BCUT2D eigenvalue weighted by Gasteiger charge is -2.15. The summed E-state index contributed by atoms with van der Waals surface area (Å²) in [4.78, 5) is 21.7. The molecule has 0 saturated heterocycles. The Balaban J connectivity index is 4.62. The highest BCUT2D eigenvalue weighted by Crippen LogP contribution is 2.21. The van der Waals surface area contributed by atoms with Gasteiger partial charge in [0.1, 0.15) is 0 Å². The van der Waals surface area contributed by atoms with Crippen LogP contribution in [0.3, 0.4) is 0 Å². The summed E-state index contributed by atoms with van der Waals surface area (Å²) in [5.41, 5.74) is 0.234. The van der Waals surface area contributed by atoms with E-state index in [1.165, 1.54) is 7.11 Å². The van der Waals surface area contributed by atoms with Crippen molar-refractivity contribution in [3.63, 3.8) is 0 Å². The average molecular weight is 214 g/mol. The maximum atomic E-state index is 11.2. The molecule has 0 unspecified atom stereocenters. The third-order valence-corrected chi connectivity index (χ3v) is 1.75. The van der Waals surface area contributed by atoms with E-state index >= 15 is 0 Å². The third-order valence-electron chi connectivity index (χ3n) is 1.75. The first-order valence-corrected chi connectivity index (χ1v) is 4.75. The van der Waals surface area contributed by atoms with E-state index in [0.29, 0.717) is 6.42 Å². The lowest BCUT2D eigenvalue weighted by atomic mass is 9.91. The fraction of sp³-hybridized carbons (Fsp3) is 0.636. The Kier molecular flexibility index (Phi) is 5.05. The monoisotopic (exact) mass is 214 g/mol. The lowest BCUT2D eigenvalue weighted by Crippen LogP contribution is -2.11. The molecule has 0 saturated carbocycles. The molecule has 0 aliphatic heterocycles. The second-order valence-corrected chi connectivity index (χ2v) is 4.56. The van der Waals surface area contributed by atoms with Gasteiger partial charge in [-0.15, -0.1) is 0 Å². The summed E-state index contributed by atoms with van der Waals surface area (Å²) in [6.45, 7) is 6.04. The zero-order valence-electron chi connectivity index (χ0n) is 9.66. The number of carbonyl (C=O) groups excluding carboxylic acids is 1. The van der Waals surface area contributed by atoms with Gasteiger partial charge in [-0.2, -0.15) is 0 Å². The van der Waals surface area contributed by atoms with Crippen molar-refractivity contribution < 1.29 is 19.4 Å². The number of esters is 1. The van der Waals surface area contributed by atoms with Gasteiger partial charge in [-0.3, -0.25) is 4.79 Å². The van der Waals surface area contributed by atoms with E-state index in [1.807, 2.05) is 20.8 Å². The molecule has 0 aromatic heterocycles. The smallest absolute Gasteiger partial charge is 0.333 e. The van der Waals surface area contributed by atoms with Crippen molar-refractivity contribution in [2.45, 2.75) is 33.6 Å². The molecule has 0 atom stereocenters. The van der Waals surface area contributed by atoms with Crippen molar-refractivity contribution in [3.05, 3.63) is 11.6 Å². The largest absolute Gasteiger partial charge is 0.481 e. The molecule has 0 fully saturated rings. The normalized spacial score (nSPS) is 12.4. The van der Waals surface area contributed by atoms with Gasteiger partial charge >= 0.3 is 11.9 Å². The van der Waals surface area contributed by atoms with E-state index in [-0.39, 0.29) is 17.4 Å². The number of carboxylic acids is 1. The Morgan fingerprint density at radius 3 is 2.20 bits per heavy atom. The summed E-state index contributed by atoms with van der Waals surface area (Å²) < 4.78 is 4.51. The molecule has 0 bridgehead atoms. The summed E-state index contributed by atoms with van der Waals surface area (Å²) in [6.07, 6.45) is 1.99. The summed E-state index contributed by atoms with van der Waals surface area (Å²) in [5.74, 6) is -1.60. The number of hydrogen-bond acceptors (Lipinski definition) is 3. The maximum Gasteiger partial charge on any atom is 0.333 e. The predicted octanol–water partition coefficient (Wildman–Crippen LogP) is 2.00. The summed E-state index contributed by atoms with van der Waals surface area (Å²) in [6, 6.07) is 0. The van der Waals surface area contributed by atoms with Gasteiger partial charge in [-0.1, -0.05) is 26.8 Å². The Hall–Kier alpha value is -1.32. The van der Waals surface area contributed by atoms with Crippen LogP contribution in [0.5, 0.6) is 0 Å². The topological polar surface area (TPSA) is 63.6 Å². The molecule has 0 spiro atoms. The fourth-order valence-corrected chi connectivity index (χ4v) is 0.951. The minimum absolute atomic E-state index is 0.0256. The van der Waals surface area contributed by atoms with Crippen molar-refractivity contribution in [1.82, 2.24) is 0 Å². The minimum atomic E-state index is -1.03. The van der Waals surface area contributed by atoms with Crippen LogP contribution in [0.4, 0.5) is 0 Å². The molecule has 0 aromatic rings. The number of allylic oxidation sites excluding steroid dienone is 1. The maximum absolute atomic E-state index is 11.2. The molecule has 0 aromatic carbocycles. The number of carbonyl (C=O) groups is 2. The highest BCUT2D eigenvalue weighted by molar-refractivity contribution is 5.93. The lowest BCUT2D eigenvalue weighted by molar-refractivity contribution is -0.141. The van der Waals surface area contributed by atoms with Crippen LogP contribution < -0.4 is 0 Å². The second kappa shape index (κ2) is 5.53. The first kappa shape index (κ1) is 13.7. The minimum Gasteiger partial charge on any atom is -0.481 e. The summed E-state index contributed by atoms with van der Waals surface area (Å²) in [5, 5.41) is 8.61. The van der Waals surface area contributed by atoms with E-state index in [9.17, 15) is 9.59 Å². The molecule has 15 heavy (non-hydrogen) atoms. The van der Waals surface area contributed by atoms with Gasteiger partial charge in [-0.05, 0) is 11.8 Å². The molecular weight excluding hydrogens is 196 g/mol. The van der Waals surface area contributed by atoms with Gasteiger partial charge in [0, 0.05) is 5.57 Å². The number of ether oxygens (including phenoxy) is 1. The molecule has 0 radical (unpaired) electrons. The quantitative estimate of drug-likeness (QED) is 0.574. The first-order chi connectivity index (χ1) is 6.76. The average Bonchev–Trinajstić information content (AvgIpc) is 2.09. The SMILES string of the molecule is COC(=O)C(=CCC(C)(C)C)CC(=O)O. The summed E-state index contributed by atoms with van der Waals surface area (Å²) in [7, 11) is 1.25. The van der Waals surface area contributed by atoms with Gasteiger partial charge in [0.2, 0.25) is 0 Å². The molecule has 86 valence electrons. The molecule has 0 amide bonds. The van der Waals surface area contributed by atoms with Crippen molar-refractivity contribution in [3.8, 4) is 0 Å². The van der Waals surface area contributed by atoms with Crippen LogP contribution in [-0.4, -0.2) is 24.2 Å². The van der Waals surface area contributed by atoms with Crippen LogP contribution in [-0.2, 0) is 14.3 Å². The van der Waals surface area contributed by atoms with Gasteiger partial charge in [0.05, 0.1) is 13.5 Å². The van der Waals surface area contributed by atoms with Crippen molar-refractivity contribution in [2.24, 2.45) is 5.41 Å². The van der Waals surface area contributed by atoms with Crippen LogP contribution in [0.15, 0.2) is 11.6 Å². The molecule has 4 nitrogen and oxygen atoms in total. The number of aliphatic carboxylic acids is 1. The van der Waals surface area contributed by atoms with Crippen LogP contribution in [0, 0.1) is 5.41 Å². The highest BCUT2D eigenvalue weighted by atomic mass is 16.5. The Bertz CT molecular complexity index is 271. The molecule has 1 N–H and O–H groups in total. The van der Waals surface area contributed by atoms with Gasteiger partial charge in [-0.25, -0.2) is 4.79 Å². The highest BCUT2D eigenvalue weighted by Gasteiger charge is 2.15. The predicted molar refractivity (Wildman–Crippen MR) is 56.4 cm³/mol. The van der Waals surface area contributed by atoms with Crippen LogP contribution in [0.25, 0.3) is 0 Å². The summed E-state index contributed by atoms with van der Waals surface area (Å²) >= 11 is 0. The molecule has 0 aliphatic carbocycles. The number of carboxylic acid groups (broad SMARTS) is 1. The second-order valence-electron chi connectivity index (χ2n) is 4.56. The molecule has 4 heteroatoms. The van der Waals surface area contributed by atoms with Crippen LogP contribution in [0.2, 0.25) is 0 Å². The van der Waals surface area contributed by atoms with Crippen molar-refractivity contribution >= 4 is 11.9 Å². The van der Waals surface area contributed by atoms with E-state index in [4.69, 9.17) is 5.11 Å². The Morgan fingerprint density at radius 1 is 1.33 bits per heavy atom. The van der Waals surface area contributed by atoms with E-state index in [0.717, 1.165) is 0 Å². The fourth-order valence-electron chi connectivity index (χ4n) is 0.951. The van der Waals surface area contributed by atoms with Crippen LogP contribution in [0.1, 0.15) is 33.6 Å². The molecule has 0 rings (SSSR count). The Morgan fingerprint density at radius 2 is 1.87 bits per heavy atom. The van der Waals surface area contributed by atoms with E-state index < -0.39 is 11.9 Å². The van der Waals surface area contributed by atoms with Gasteiger partial charge in [0.25, 0.3) is 0 Å². The van der Waals surface area contributed by atoms with E-state index in [2.05, 4.69) is 4.74 Å². The van der Waals surface area contributed by atoms with E-state index in [1.54, 1.807) is 6.08 Å². The number of hydrogen-bond donors (Lipinski definition) is 1. The Labute approximate surface area is 89.9 Å². The van der Waals surface area contributed by atoms with Crippen LogP contribution >= 0.6 is 0 Å². The zero-order valence-corrected chi connectivity index (χ0v) is 9.66. The zero-order chi connectivity index (χ0) is 12.1. The first-order valence-electron chi connectivity index (χ1n) is 4.75. The van der Waals surface area contributed by atoms with Crippen molar-refractivity contribution in [1.29, 1.82) is 0 Å². The molecule has 0 aliphatic rings.